The lowest BCUT2D eigenvalue weighted by Crippen LogP contribution is -2.48. The number of nitrogens with two attached hydrogens (primary N) is 1. The van der Waals surface area contributed by atoms with E-state index >= 15 is 0 Å². The molecule has 1 aromatic rings. The van der Waals surface area contributed by atoms with Gasteiger partial charge in [0.15, 0.2) is 0 Å². The molecule has 0 aliphatic heterocycles. The van der Waals surface area contributed by atoms with Crippen molar-refractivity contribution in [1.82, 2.24) is 0 Å². The molecule has 0 fully saturated rings. The third kappa shape index (κ3) is 4.03. The highest BCUT2D eigenvalue weighted by molar-refractivity contribution is 9.10. The van der Waals surface area contributed by atoms with Crippen molar-refractivity contribution in [3.63, 3.8) is 0 Å². The predicted molar refractivity (Wildman–Crippen MR) is 67.9 cm³/mol. The first-order valence-corrected chi connectivity index (χ1v) is 6.36. The van der Waals surface area contributed by atoms with Gasteiger partial charge in [0.25, 0.3) is 0 Å². The maximum atomic E-state index is 12.8. The van der Waals surface area contributed by atoms with Gasteiger partial charge in [0.1, 0.15) is 5.75 Å². The molecule has 0 heterocycles. The van der Waals surface area contributed by atoms with E-state index in [0.717, 1.165) is 0 Å². The van der Waals surface area contributed by atoms with Crippen LogP contribution in [0.5, 0.6) is 5.75 Å². The van der Waals surface area contributed by atoms with Crippen molar-refractivity contribution >= 4 is 27.5 Å². The van der Waals surface area contributed by atoms with Crippen LogP contribution < -0.4 is 10.5 Å². The number of alkyl halides is 3. The monoisotopic (exact) mass is 345 g/mol. The molecule has 2 unspecified atom stereocenters. The van der Waals surface area contributed by atoms with E-state index in [9.17, 15) is 13.2 Å². The van der Waals surface area contributed by atoms with Crippen LogP contribution >= 0.6 is 27.5 Å². The van der Waals surface area contributed by atoms with E-state index in [1.807, 2.05) is 0 Å². The summed E-state index contributed by atoms with van der Waals surface area (Å²) in [4.78, 5) is 0. The second-order valence-electron chi connectivity index (χ2n) is 3.73. The number of ether oxygens (including phenoxy) is 1. The number of hydrogen-bond donors (Lipinski definition) is 1. The van der Waals surface area contributed by atoms with Crippen molar-refractivity contribution in [2.45, 2.75) is 31.7 Å². The predicted octanol–water partition coefficient (Wildman–Crippen LogP) is 4.15. The zero-order valence-corrected chi connectivity index (χ0v) is 11.8. The average molecular weight is 347 g/mol. The molecule has 2 atom stereocenters. The van der Waals surface area contributed by atoms with Gasteiger partial charge >= 0.3 is 6.18 Å². The Morgan fingerprint density at radius 2 is 2.06 bits per heavy atom. The molecular weight excluding hydrogens is 334 g/mol. The Morgan fingerprint density at radius 1 is 1.44 bits per heavy atom. The molecule has 0 spiro atoms. The Bertz CT molecular complexity index is 414. The lowest BCUT2D eigenvalue weighted by atomic mass is 10.1. The van der Waals surface area contributed by atoms with E-state index < -0.39 is 18.3 Å². The van der Waals surface area contributed by atoms with Gasteiger partial charge in [-0.1, -0.05) is 18.5 Å². The summed E-state index contributed by atoms with van der Waals surface area (Å²) in [5.74, 6) is 0.0608. The maximum absolute atomic E-state index is 12.8. The topological polar surface area (TPSA) is 35.2 Å². The Kier molecular flexibility index (Phi) is 5.31. The molecule has 0 aromatic heterocycles. The van der Waals surface area contributed by atoms with Crippen molar-refractivity contribution in [1.29, 1.82) is 0 Å². The van der Waals surface area contributed by atoms with Gasteiger partial charge < -0.3 is 10.5 Å². The van der Waals surface area contributed by atoms with Crippen molar-refractivity contribution in [3.05, 3.63) is 27.7 Å². The molecule has 0 saturated carbocycles. The lowest BCUT2D eigenvalue weighted by molar-refractivity contribution is -0.201. The molecular formula is C11H12BrClF3NO. The maximum Gasteiger partial charge on any atom is 0.426 e. The third-order valence-electron chi connectivity index (χ3n) is 2.33. The summed E-state index contributed by atoms with van der Waals surface area (Å²) in [6.45, 7) is 1.57. The summed E-state index contributed by atoms with van der Waals surface area (Å²) < 4.78 is 43.7. The van der Waals surface area contributed by atoms with Gasteiger partial charge in [-0.3, -0.25) is 0 Å². The molecule has 18 heavy (non-hydrogen) atoms. The van der Waals surface area contributed by atoms with Crippen molar-refractivity contribution < 1.29 is 17.9 Å². The molecule has 0 aliphatic carbocycles. The highest BCUT2D eigenvalue weighted by Gasteiger charge is 2.45. The second kappa shape index (κ2) is 6.12. The lowest BCUT2D eigenvalue weighted by Gasteiger charge is -2.26. The van der Waals surface area contributed by atoms with Gasteiger partial charge in [0.2, 0.25) is 6.10 Å². The first-order valence-electron chi connectivity index (χ1n) is 5.19. The van der Waals surface area contributed by atoms with Crippen LogP contribution in [0, 0.1) is 0 Å². The Morgan fingerprint density at radius 3 is 2.50 bits per heavy atom. The SMILES string of the molecule is CCC(N)C(Oc1ccc(Cl)cc1Br)C(F)(F)F. The van der Waals surface area contributed by atoms with Crippen LogP contribution in [-0.4, -0.2) is 18.3 Å². The second-order valence-corrected chi connectivity index (χ2v) is 5.02. The molecule has 0 bridgehead atoms. The quantitative estimate of drug-likeness (QED) is 0.889. The summed E-state index contributed by atoms with van der Waals surface area (Å²) >= 11 is 8.80. The van der Waals surface area contributed by atoms with Crippen LogP contribution in [0.15, 0.2) is 22.7 Å². The minimum absolute atomic E-state index is 0.0608. The Balaban J connectivity index is 2.96. The smallest absolute Gasteiger partial charge is 0.426 e. The fourth-order valence-corrected chi connectivity index (χ4v) is 2.09. The fourth-order valence-electron chi connectivity index (χ4n) is 1.32. The summed E-state index contributed by atoms with van der Waals surface area (Å²) in [6, 6.07) is 3.16. The molecule has 1 aromatic carbocycles. The van der Waals surface area contributed by atoms with Gasteiger partial charge in [-0.15, -0.1) is 0 Å². The van der Waals surface area contributed by atoms with Gasteiger partial charge in [0, 0.05) is 5.02 Å². The zero-order valence-electron chi connectivity index (χ0n) is 9.47. The molecule has 0 amide bonds. The van der Waals surface area contributed by atoms with E-state index in [2.05, 4.69) is 15.9 Å². The highest BCUT2D eigenvalue weighted by Crippen LogP contribution is 2.33. The molecule has 1 rings (SSSR count). The van der Waals surface area contributed by atoms with E-state index in [0.29, 0.717) is 9.50 Å². The molecule has 0 saturated heterocycles. The first-order chi connectivity index (χ1) is 8.25. The fraction of sp³-hybridized carbons (Fsp3) is 0.455. The zero-order chi connectivity index (χ0) is 13.9. The van der Waals surface area contributed by atoms with Crippen LogP contribution in [-0.2, 0) is 0 Å². The van der Waals surface area contributed by atoms with Crippen molar-refractivity contribution in [3.8, 4) is 5.75 Å². The van der Waals surface area contributed by atoms with Gasteiger partial charge in [-0.2, -0.15) is 13.2 Å². The molecule has 0 aliphatic rings. The van der Waals surface area contributed by atoms with Gasteiger partial charge in [-0.05, 0) is 40.5 Å². The molecule has 7 heteroatoms. The normalized spacial score (nSPS) is 15.3. The third-order valence-corrected chi connectivity index (χ3v) is 3.19. The Labute approximate surface area is 116 Å². The summed E-state index contributed by atoms with van der Waals surface area (Å²) in [5, 5.41) is 0.401. The first kappa shape index (κ1) is 15.6. The summed E-state index contributed by atoms with van der Waals surface area (Å²) in [6.07, 6.45) is -6.40. The van der Waals surface area contributed by atoms with E-state index in [-0.39, 0.29) is 12.2 Å². The summed E-state index contributed by atoms with van der Waals surface area (Å²) in [7, 11) is 0. The summed E-state index contributed by atoms with van der Waals surface area (Å²) in [5.41, 5.74) is 5.44. The van der Waals surface area contributed by atoms with Crippen LogP contribution in [0.4, 0.5) is 13.2 Å². The van der Waals surface area contributed by atoms with E-state index in [1.165, 1.54) is 18.2 Å². The van der Waals surface area contributed by atoms with Crippen LogP contribution in [0.3, 0.4) is 0 Å². The minimum Gasteiger partial charge on any atom is -0.478 e. The van der Waals surface area contributed by atoms with E-state index in [1.54, 1.807) is 6.92 Å². The van der Waals surface area contributed by atoms with Crippen LogP contribution in [0.1, 0.15) is 13.3 Å². The molecule has 2 N–H and O–H groups in total. The highest BCUT2D eigenvalue weighted by atomic mass is 79.9. The van der Waals surface area contributed by atoms with Crippen LogP contribution in [0.25, 0.3) is 0 Å². The van der Waals surface area contributed by atoms with Crippen molar-refractivity contribution in [2.24, 2.45) is 5.73 Å². The number of hydrogen-bond acceptors (Lipinski definition) is 2. The number of halogens is 5. The largest absolute Gasteiger partial charge is 0.478 e. The van der Waals surface area contributed by atoms with Crippen molar-refractivity contribution in [2.75, 3.05) is 0 Å². The molecule has 0 radical (unpaired) electrons. The molecule has 2 nitrogen and oxygen atoms in total. The standard InChI is InChI=1S/C11H12BrClF3NO/c1-2-8(17)10(11(14,15)16)18-9-4-3-6(13)5-7(9)12/h3-5,8,10H,2,17H2,1H3. The number of rotatable bonds is 4. The van der Waals surface area contributed by atoms with E-state index in [4.69, 9.17) is 22.1 Å². The van der Waals surface area contributed by atoms with Gasteiger partial charge in [0.05, 0.1) is 10.5 Å². The minimum atomic E-state index is -4.52. The molecule has 102 valence electrons. The Hall–Kier alpha value is -0.460. The van der Waals surface area contributed by atoms with Gasteiger partial charge in [-0.25, -0.2) is 0 Å². The average Bonchev–Trinajstić information content (AvgIpc) is 2.25. The van der Waals surface area contributed by atoms with Crippen LogP contribution in [0.2, 0.25) is 5.02 Å². The number of benzene rings is 1.